The molecule has 0 saturated carbocycles. The molecule has 6 heteroatoms. The number of hydrazine groups is 1. The first kappa shape index (κ1) is 15.4. The van der Waals surface area contributed by atoms with Crippen LogP contribution in [0.15, 0.2) is 24.3 Å². The van der Waals surface area contributed by atoms with Gasteiger partial charge in [-0.25, -0.2) is 0 Å². The molecular formula is C14H18BrN2O2S+. The summed E-state index contributed by atoms with van der Waals surface area (Å²) in [7, 11) is 3.48. The first-order valence-electron chi connectivity index (χ1n) is 6.36. The third-order valence-electron chi connectivity index (χ3n) is 3.10. The van der Waals surface area contributed by atoms with Gasteiger partial charge in [-0.1, -0.05) is 34.1 Å². The molecule has 1 atom stereocenters. The Morgan fingerprint density at radius 3 is 3.00 bits per heavy atom. The summed E-state index contributed by atoms with van der Waals surface area (Å²) in [5, 5.41) is 3.69. The molecule has 1 heterocycles. The van der Waals surface area contributed by atoms with E-state index in [4.69, 9.17) is 4.74 Å². The number of hydrogen-bond donors (Lipinski definition) is 0. The molecule has 2 rings (SSSR count). The summed E-state index contributed by atoms with van der Waals surface area (Å²) in [6.07, 6.45) is 2.37. The maximum Gasteiger partial charge on any atom is 0.310 e. The summed E-state index contributed by atoms with van der Waals surface area (Å²) < 4.78 is 6.87. The Balaban J connectivity index is 2.23. The zero-order valence-corrected chi connectivity index (χ0v) is 14.0. The molecule has 1 unspecified atom stereocenters. The summed E-state index contributed by atoms with van der Waals surface area (Å²) in [6, 6.07) is 7.91. The maximum atomic E-state index is 11.5. The molecule has 0 radical (unpaired) electrons. The van der Waals surface area contributed by atoms with Crippen LogP contribution in [0.3, 0.4) is 0 Å². The SMILES string of the molecule is COC(=O)Cc1ccccc1C=[N+]1SC(CBr)CN1C. The fourth-order valence-electron chi connectivity index (χ4n) is 2.02. The highest BCUT2D eigenvalue weighted by Crippen LogP contribution is 2.24. The molecule has 108 valence electrons. The quantitative estimate of drug-likeness (QED) is 0.357. The minimum absolute atomic E-state index is 0.216. The third-order valence-corrected chi connectivity index (χ3v) is 5.52. The van der Waals surface area contributed by atoms with Gasteiger partial charge in [0.05, 0.1) is 27.1 Å². The highest BCUT2D eigenvalue weighted by molar-refractivity contribution is 9.09. The van der Waals surface area contributed by atoms with Crippen molar-refractivity contribution in [3.63, 3.8) is 0 Å². The Bertz CT molecular complexity index is 522. The van der Waals surface area contributed by atoms with Gasteiger partial charge in [-0.3, -0.25) is 4.79 Å². The van der Waals surface area contributed by atoms with Crippen molar-refractivity contribution in [2.24, 2.45) is 0 Å². The molecule has 0 bridgehead atoms. The number of ether oxygens (including phenoxy) is 1. The van der Waals surface area contributed by atoms with Crippen LogP contribution in [0.2, 0.25) is 0 Å². The van der Waals surface area contributed by atoms with Gasteiger partial charge >= 0.3 is 5.97 Å². The molecule has 1 saturated heterocycles. The number of esters is 1. The lowest BCUT2D eigenvalue weighted by molar-refractivity contribution is -0.527. The lowest BCUT2D eigenvalue weighted by Crippen LogP contribution is -2.24. The van der Waals surface area contributed by atoms with Gasteiger partial charge in [-0.15, -0.1) is 0 Å². The molecule has 0 aliphatic carbocycles. The molecule has 0 spiro atoms. The van der Waals surface area contributed by atoms with Crippen molar-refractivity contribution in [2.75, 3.05) is 26.0 Å². The van der Waals surface area contributed by atoms with Gasteiger partial charge < -0.3 is 4.74 Å². The summed E-state index contributed by atoms with van der Waals surface area (Å²) in [5.74, 6) is -0.216. The fraction of sp³-hybridized carbons (Fsp3) is 0.429. The summed E-state index contributed by atoms with van der Waals surface area (Å²) >= 11 is 5.31. The number of hydrazone groups is 1. The normalized spacial score (nSPS) is 20.4. The number of halogens is 1. The highest BCUT2D eigenvalue weighted by Gasteiger charge is 2.32. The topological polar surface area (TPSA) is 32.6 Å². The van der Waals surface area contributed by atoms with Gasteiger partial charge in [-0.2, -0.15) is 5.01 Å². The van der Waals surface area contributed by atoms with Crippen molar-refractivity contribution in [1.82, 2.24) is 5.01 Å². The molecule has 0 amide bonds. The molecular weight excluding hydrogens is 340 g/mol. The summed E-state index contributed by atoms with van der Waals surface area (Å²) in [4.78, 5) is 11.5. The number of nitrogens with zero attached hydrogens (tertiary/aromatic N) is 2. The zero-order valence-electron chi connectivity index (χ0n) is 11.6. The fourth-order valence-corrected chi connectivity index (χ4v) is 3.62. The van der Waals surface area contributed by atoms with Crippen molar-refractivity contribution in [1.29, 1.82) is 0 Å². The summed E-state index contributed by atoms with van der Waals surface area (Å²) in [6.45, 7) is 1.01. The number of methoxy groups -OCH3 is 1. The average molecular weight is 358 g/mol. The standard InChI is InChI=1S/C14H18BrN2O2S/c1-16-10-13(8-15)20-17(16)9-12-6-4-3-5-11(12)7-14(18)19-2/h3-6,9,13H,7-8,10H2,1-2H3/q+1. The zero-order chi connectivity index (χ0) is 14.5. The second-order valence-corrected chi connectivity index (χ2v) is 6.50. The van der Waals surface area contributed by atoms with Crippen molar-refractivity contribution < 1.29 is 13.6 Å². The smallest absolute Gasteiger partial charge is 0.310 e. The molecule has 0 aromatic heterocycles. The Morgan fingerprint density at radius 2 is 2.35 bits per heavy atom. The molecule has 4 nitrogen and oxygen atoms in total. The van der Waals surface area contributed by atoms with Crippen molar-refractivity contribution in [2.45, 2.75) is 11.7 Å². The van der Waals surface area contributed by atoms with E-state index in [0.29, 0.717) is 11.7 Å². The van der Waals surface area contributed by atoms with Gasteiger partial charge in [-0.05, 0) is 15.7 Å². The van der Waals surface area contributed by atoms with E-state index in [9.17, 15) is 4.79 Å². The Labute approximate surface area is 132 Å². The van der Waals surface area contributed by atoms with Gasteiger partial charge in [0.15, 0.2) is 11.9 Å². The van der Waals surface area contributed by atoms with E-state index in [1.165, 1.54) is 7.11 Å². The maximum absolute atomic E-state index is 11.5. The molecule has 1 aliphatic rings. The first-order chi connectivity index (χ1) is 9.63. The Kier molecular flexibility index (Phi) is 5.48. The van der Waals surface area contributed by atoms with Crippen LogP contribution in [0.25, 0.3) is 0 Å². The number of rotatable bonds is 4. The average Bonchev–Trinajstić information content (AvgIpc) is 2.81. The predicted octanol–water partition coefficient (Wildman–Crippen LogP) is 2.11. The largest absolute Gasteiger partial charge is 0.469 e. The second-order valence-electron chi connectivity index (χ2n) is 4.61. The number of carbonyl (C=O) groups is 1. The number of benzene rings is 1. The minimum atomic E-state index is -0.216. The number of alkyl halides is 1. The van der Waals surface area contributed by atoms with Crippen LogP contribution in [0.1, 0.15) is 11.1 Å². The van der Waals surface area contributed by atoms with Crippen molar-refractivity contribution >= 4 is 40.1 Å². The van der Waals surface area contributed by atoms with E-state index in [0.717, 1.165) is 23.0 Å². The van der Waals surface area contributed by atoms with Crippen LogP contribution in [-0.2, 0) is 16.0 Å². The molecule has 1 aliphatic heterocycles. The molecule has 1 aromatic rings. The Hall–Kier alpha value is -1.01. The van der Waals surface area contributed by atoms with Crippen LogP contribution in [0.5, 0.6) is 0 Å². The monoisotopic (exact) mass is 357 g/mol. The molecule has 0 N–H and O–H groups in total. The van der Waals surface area contributed by atoms with E-state index in [1.807, 2.05) is 24.3 Å². The molecule has 20 heavy (non-hydrogen) atoms. The highest BCUT2D eigenvalue weighted by atomic mass is 79.9. The molecule has 1 fully saturated rings. The van der Waals surface area contributed by atoms with Crippen molar-refractivity contribution in [3.8, 4) is 0 Å². The number of hydrogen-bond acceptors (Lipinski definition) is 4. The number of carbonyl (C=O) groups excluding carboxylic acids is 1. The lowest BCUT2D eigenvalue weighted by Gasteiger charge is -2.05. The van der Waals surface area contributed by atoms with E-state index in [1.54, 1.807) is 11.9 Å². The van der Waals surface area contributed by atoms with Crippen LogP contribution in [-0.4, -0.2) is 52.6 Å². The first-order valence-corrected chi connectivity index (χ1v) is 8.32. The third kappa shape index (κ3) is 3.76. The van der Waals surface area contributed by atoms with E-state index in [-0.39, 0.29) is 5.97 Å². The molecule has 1 aromatic carbocycles. The minimum Gasteiger partial charge on any atom is -0.469 e. The van der Waals surface area contributed by atoms with Gasteiger partial charge in [0.2, 0.25) is 6.21 Å². The van der Waals surface area contributed by atoms with E-state index >= 15 is 0 Å². The second kappa shape index (κ2) is 7.13. The van der Waals surface area contributed by atoms with Crippen molar-refractivity contribution in [3.05, 3.63) is 35.4 Å². The van der Waals surface area contributed by atoms with Crippen LogP contribution < -0.4 is 0 Å². The lowest BCUT2D eigenvalue weighted by atomic mass is 10.1. The van der Waals surface area contributed by atoms with Crippen LogP contribution >= 0.6 is 27.9 Å². The van der Waals surface area contributed by atoms with E-state index < -0.39 is 0 Å². The van der Waals surface area contributed by atoms with Gasteiger partial charge in [0.25, 0.3) is 0 Å². The van der Waals surface area contributed by atoms with Crippen LogP contribution in [0.4, 0.5) is 0 Å². The van der Waals surface area contributed by atoms with Crippen LogP contribution in [0, 0.1) is 0 Å². The summed E-state index contributed by atoms with van der Waals surface area (Å²) in [5.41, 5.74) is 2.03. The van der Waals surface area contributed by atoms with Gasteiger partial charge in [0, 0.05) is 10.9 Å². The van der Waals surface area contributed by atoms with Gasteiger partial charge in [0.1, 0.15) is 5.25 Å². The van der Waals surface area contributed by atoms with E-state index in [2.05, 4.69) is 38.3 Å². The predicted molar refractivity (Wildman–Crippen MR) is 85.4 cm³/mol. The Morgan fingerprint density at radius 1 is 1.60 bits per heavy atom.